The highest BCUT2D eigenvalue weighted by Crippen LogP contribution is 2.23. The van der Waals surface area contributed by atoms with Crippen LogP contribution in [-0.4, -0.2) is 24.5 Å². The van der Waals surface area contributed by atoms with Gasteiger partial charge in [0.15, 0.2) is 5.16 Å². The third-order valence-corrected chi connectivity index (χ3v) is 5.69. The number of thiophene rings is 1. The van der Waals surface area contributed by atoms with Gasteiger partial charge in [-0.2, -0.15) is 15.0 Å². The van der Waals surface area contributed by atoms with Crippen molar-refractivity contribution in [3.63, 3.8) is 0 Å². The highest BCUT2D eigenvalue weighted by atomic mass is 32.2. The summed E-state index contributed by atoms with van der Waals surface area (Å²) in [6.45, 7) is 0. The van der Waals surface area contributed by atoms with Gasteiger partial charge in [-0.15, -0.1) is 11.3 Å². The lowest BCUT2D eigenvalue weighted by molar-refractivity contribution is 0.628. The van der Waals surface area contributed by atoms with Crippen molar-refractivity contribution in [2.45, 2.75) is 10.9 Å². The zero-order chi connectivity index (χ0) is 19.7. The van der Waals surface area contributed by atoms with Crippen molar-refractivity contribution < 1.29 is 4.39 Å². The number of anilines is 3. The quantitative estimate of drug-likeness (QED) is 0.378. The van der Waals surface area contributed by atoms with E-state index in [-0.39, 0.29) is 23.3 Å². The second kappa shape index (κ2) is 7.52. The second-order valence-corrected chi connectivity index (χ2v) is 7.61. The molecule has 0 spiro atoms. The predicted molar refractivity (Wildman–Crippen MR) is 108 cm³/mol. The second-order valence-electron chi connectivity index (χ2n) is 5.75. The Labute approximate surface area is 166 Å². The van der Waals surface area contributed by atoms with Crippen LogP contribution in [-0.2, 0) is 12.8 Å². The lowest BCUT2D eigenvalue weighted by Crippen LogP contribution is -2.19. The van der Waals surface area contributed by atoms with E-state index >= 15 is 0 Å². The molecular weight excluding hydrogens is 401 g/mol. The lowest BCUT2D eigenvalue weighted by atomic mass is 10.3. The molecule has 4 aromatic rings. The van der Waals surface area contributed by atoms with E-state index in [0.717, 1.165) is 0 Å². The van der Waals surface area contributed by atoms with Crippen LogP contribution in [0.4, 0.5) is 22.0 Å². The fourth-order valence-electron chi connectivity index (χ4n) is 2.45. The van der Waals surface area contributed by atoms with Crippen molar-refractivity contribution in [2.24, 2.45) is 7.05 Å². The van der Waals surface area contributed by atoms with Crippen LogP contribution in [0.3, 0.4) is 0 Å². The van der Waals surface area contributed by atoms with E-state index in [0.29, 0.717) is 32.6 Å². The number of fused-ring (bicyclic) bond motifs is 1. The van der Waals surface area contributed by atoms with Gasteiger partial charge in [-0.05, 0) is 35.7 Å². The van der Waals surface area contributed by atoms with Gasteiger partial charge in [0.05, 0.1) is 11.3 Å². The predicted octanol–water partition coefficient (Wildman–Crippen LogP) is 2.94. The van der Waals surface area contributed by atoms with Crippen molar-refractivity contribution >= 4 is 50.9 Å². The number of nitrogens with one attached hydrogen (secondary N) is 1. The number of halogens is 1. The number of benzene rings is 1. The topological polar surface area (TPSA) is 112 Å². The van der Waals surface area contributed by atoms with Gasteiger partial charge >= 0.3 is 0 Å². The van der Waals surface area contributed by atoms with Gasteiger partial charge in [-0.25, -0.2) is 9.37 Å². The number of nitrogens with two attached hydrogens (primary N) is 1. The molecule has 0 atom stereocenters. The van der Waals surface area contributed by atoms with Crippen molar-refractivity contribution in [1.29, 1.82) is 0 Å². The fourth-order valence-corrected chi connectivity index (χ4v) is 4.08. The highest BCUT2D eigenvalue weighted by molar-refractivity contribution is 7.98. The number of thioether (sulfide) groups is 1. The van der Waals surface area contributed by atoms with E-state index in [4.69, 9.17) is 5.73 Å². The summed E-state index contributed by atoms with van der Waals surface area (Å²) in [6, 6.07) is 7.61. The number of hydrogen-bond donors (Lipinski definition) is 2. The molecule has 0 saturated carbocycles. The maximum absolute atomic E-state index is 13.0. The van der Waals surface area contributed by atoms with Gasteiger partial charge in [0.25, 0.3) is 5.56 Å². The molecule has 4 rings (SSSR count). The normalized spacial score (nSPS) is 11.1. The minimum atomic E-state index is -0.335. The Morgan fingerprint density at radius 1 is 1.18 bits per heavy atom. The zero-order valence-corrected chi connectivity index (χ0v) is 16.2. The van der Waals surface area contributed by atoms with Crippen LogP contribution >= 0.6 is 23.1 Å². The van der Waals surface area contributed by atoms with Crippen molar-refractivity contribution in [3.05, 3.63) is 57.7 Å². The van der Waals surface area contributed by atoms with Gasteiger partial charge in [0.1, 0.15) is 16.3 Å². The minimum absolute atomic E-state index is 0.0605. The molecule has 3 aromatic heterocycles. The summed E-state index contributed by atoms with van der Waals surface area (Å²) in [4.78, 5) is 29.4. The van der Waals surface area contributed by atoms with E-state index in [1.807, 2.05) is 11.4 Å². The Morgan fingerprint density at radius 2 is 1.96 bits per heavy atom. The van der Waals surface area contributed by atoms with Crippen molar-refractivity contribution in [2.75, 3.05) is 11.1 Å². The number of aromatic nitrogens is 5. The molecule has 11 heteroatoms. The molecule has 0 aliphatic carbocycles. The van der Waals surface area contributed by atoms with E-state index in [2.05, 4.69) is 25.3 Å². The molecule has 8 nitrogen and oxygen atoms in total. The van der Waals surface area contributed by atoms with E-state index < -0.39 is 0 Å². The molecule has 0 saturated heterocycles. The van der Waals surface area contributed by atoms with Crippen LogP contribution < -0.4 is 16.6 Å². The molecule has 0 aliphatic heterocycles. The summed E-state index contributed by atoms with van der Waals surface area (Å²) in [5.41, 5.74) is 6.99. The average Bonchev–Trinajstić information content (AvgIpc) is 3.14. The molecule has 3 heterocycles. The molecule has 3 N–H and O–H groups in total. The SMILES string of the molecule is Cn1c(SCc2nc(N)nc(Nc3ccc(F)cc3)n2)nc2ccsc2c1=O. The first kappa shape index (κ1) is 18.3. The summed E-state index contributed by atoms with van der Waals surface area (Å²) in [5, 5.41) is 5.36. The molecule has 28 heavy (non-hydrogen) atoms. The Bertz CT molecular complexity index is 1210. The molecule has 0 radical (unpaired) electrons. The van der Waals surface area contributed by atoms with Gasteiger partial charge in [-0.1, -0.05) is 11.8 Å². The first-order chi connectivity index (χ1) is 13.5. The Morgan fingerprint density at radius 3 is 2.75 bits per heavy atom. The van der Waals surface area contributed by atoms with Gasteiger partial charge < -0.3 is 11.1 Å². The van der Waals surface area contributed by atoms with Crippen molar-refractivity contribution in [1.82, 2.24) is 24.5 Å². The third kappa shape index (κ3) is 3.80. The Kier molecular flexibility index (Phi) is 4.92. The van der Waals surface area contributed by atoms with Crippen LogP contribution in [0, 0.1) is 5.82 Å². The summed E-state index contributed by atoms with van der Waals surface area (Å²) in [6.07, 6.45) is 0. The molecule has 0 aliphatic rings. The van der Waals surface area contributed by atoms with Crippen LogP contribution in [0.1, 0.15) is 5.82 Å². The Balaban J connectivity index is 1.55. The summed E-state index contributed by atoms with van der Waals surface area (Å²) in [5.74, 6) is 0.760. The molecule has 0 fully saturated rings. The molecule has 0 amide bonds. The number of nitrogen functional groups attached to an aromatic ring is 1. The zero-order valence-electron chi connectivity index (χ0n) is 14.6. The van der Waals surface area contributed by atoms with Gasteiger partial charge in [0, 0.05) is 12.7 Å². The monoisotopic (exact) mass is 415 g/mol. The summed E-state index contributed by atoms with van der Waals surface area (Å²) >= 11 is 2.70. The standard InChI is InChI=1S/C17H14FN7OS2/c1-25-14(26)13-11(6-7-27-13)21-17(25)28-8-12-22-15(19)24-16(23-12)20-10-4-2-9(18)3-5-10/h2-7H,8H2,1H3,(H3,19,20,22,23,24). The first-order valence-electron chi connectivity index (χ1n) is 8.09. The molecule has 0 bridgehead atoms. The number of hydrogen-bond acceptors (Lipinski definition) is 9. The van der Waals surface area contributed by atoms with Crippen LogP contribution in [0.15, 0.2) is 45.7 Å². The van der Waals surface area contributed by atoms with Gasteiger partial charge in [-0.3, -0.25) is 9.36 Å². The average molecular weight is 415 g/mol. The van der Waals surface area contributed by atoms with Crippen LogP contribution in [0.5, 0.6) is 0 Å². The maximum atomic E-state index is 13.0. The van der Waals surface area contributed by atoms with Crippen molar-refractivity contribution in [3.8, 4) is 0 Å². The summed E-state index contributed by atoms with van der Waals surface area (Å²) in [7, 11) is 1.68. The minimum Gasteiger partial charge on any atom is -0.368 e. The molecule has 1 aromatic carbocycles. The Hall–Kier alpha value is -3.05. The summed E-state index contributed by atoms with van der Waals surface area (Å²) < 4.78 is 15.2. The van der Waals surface area contributed by atoms with Gasteiger partial charge in [0.2, 0.25) is 11.9 Å². The third-order valence-electron chi connectivity index (χ3n) is 3.78. The number of rotatable bonds is 5. The van der Waals surface area contributed by atoms with E-state index in [9.17, 15) is 9.18 Å². The fraction of sp³-hybridized carbons (Fsp3) is 0.118. The molecule has 0 unspecified atom stereocenters. The highest BCUT2D eigenvalue weighted by Gasteiger charge is 2.12. The number of nitrogens with zero attached hydrogens (tertiary/aromatic N) is 5. The lowest BCUT2D eigenvalue weighted by Gasteiger charge is -2.09. The van der Waals surface area contributed by atoms with E-state index in [1.165, 1.54) is 39.8 Å². The van der Waals surface area contributed by atoms with Crippen LogP contribution in [0.2, 0.25) is 0 Å². The maximum Gasteiger partial charge on any atom is 0.271 e. The molecular formula is C17H14FN7OS2. The van der Waals surface area contributed by atoms with Crippen LogP contribution in [0.25, 0.3) is 10.2 Å². The first-order valence-corrected chi connectivity index (χ1v) is 9.96. The smallest absolute Gasteiger partial charge is 0.271 e. The molecule has 142 valence electrons. The van der Waals surface area contributed by atoms with E-state index in [1.54, 1.807) is 19.2 Å². The largest absolute Gasteiger partial charge is 0.368 e.